The van der Waals surface area contributed by atoms with Crippen molar-refractivity contribution in [1.82, 2.24) is 19.7 Å². The van der Waals surface area contributed by atoms with Gasteiger partial charge in [0.2, 0.25) is 0 Å². The predicted octanol–water partition coefficient (Wildman–Crippen LogP) is 3.93. The van der Waals surface area contributed by atoms with Gasteiger partial charge in [0.25, 0.3) is 5.91 Å². The standard InChI is InChI=1S/C25H30N4O4S/c1-18(16-31-2)29-23(19-8-6-9-21(15-19)32-3)26-27-25(29)34-17-20-7-4-5-10-22(20)24(30)28-11-13-33-14-12-28/h4-10,15,18H,11-14,16-17H2,1-3H3/t18-/m0/s1. The highest BCUT2D eigenvalue weighted by molar-refractivity contribution is 7.98. The van der Waals surface area contributed by atoms with Crippen LogP contribution in [-0.2, 0) is 15.2 Å². The van der Waals surface area contributed by atoms with Gasteiger partial charge < -0.3 is 19.1 Å². The van der Waals surface area contributed by atoms with Crippen molar-refractivity contribution in [2.24, 2.45) is 0 Å². The van der Waals surface area contributed by atoms with Crippen molar-refractivity contribution >= 4 is 17.7 Å². The first-order valence-corrected chi connectivity index (χ1v) is 12.3. The fourth-order valence-corrected chi connectivity index (χ4v) is 5.02. The lowest BCUT2D eigenvalue weighted by Crippen LogP contribution is -2.41. The largest absolute Gasteiger partial charge is 0.497 e. The molecular formula is C25H30N4O4S. The summed E-state index contributed by atoms with van der Waals surface area (Å²) in [4.78, 5) is 15.0. The third kappa shape index (κ3) is 5.43. The van der Waals surface area contributed by atoms with Gasteiger partial charge in [0.05, 0.1) is 33.0 Å². The lowest BCUT2D eigenvalue weighted by Gasteiger charge is -2.27. The second kappa shape index (κ2) is 11.5. The number of carbonyl (C=O) groups excluding carboxylic acids is 1. The molecule has 0 spiro atoms. The molecule has 0 saturated carbocycles. The maximum Gasteiger partial charge on any atom is 0.254 e. The molecule has 1 aromatic heterocycles. The predicted molar refractivity (Wildman–Crippen MR) is 131 cm³/mol. The van der Waals surface area contributed by atoms with E-state index in [1.54, 1.807) is 26.0 Å². The summed E-state index contributed by atoms with van der Waals surface area (Å²) in [6, 6.07) is 15.6. The van der Waals surface area contributed by atoms with Crippen LogP contribution in [0.3, 0.4) is 0 Å². The maximum absolute atomic E-state index is 13.1. The third-order valence-corrected chi connectivity index (χ3v) is 6.74. The number of thioether (sulfide) groups is 1. The monoisotopic (exact) mass is 482 g/mol. The van der Waals surface area contributed by atoms with E-state index in [0.717, 1.165) is 33.4 Å². The van der Waals surface area contributed by atoms with Gasteiger partial charge in [-0.25, -0.2) is 0 Å². The molecule has 0 aliphatic carbocycles. The van der Waals surface area contributed by atoms with Crippen LogP contribution in [0.2, 0.25) is 0 Å². The van der Waals surface area contributed by atoms with Gasteiger partial charge in [-0.3, -0.25) is 9.36 Å². The molecule has 9 heteroatoms. The second-order valence-corrected chi connectivity index (χ2v) is 9.01. The summed E-state index contributed by atoms with van der Waals surface area (Å²) < 4.78 is 18.3. The Morgan fingerprint density at radius 2 is 1.91 bits per heavy atom. The van der Waals surface area contributed by atoms with E-state index < -0.39 is 0 Å². The Bertz CT molecular complexity index is 1110. The Hall–Kier alpha value is -2.88. The molecule has 1 fully saturated rings. The normalized spacial score (nSPS) is 14.7. The number of hydrogen-bond acceptors (Lipinski definition) is 7. The summed E-state index contributed by atoms with van der Waals surface area (Å²) in [5, 5.41) is 9.77. The Morgan fingerprint density at radius 3 is 2.68 bits per heavy atom. The number of amides is 1. The zero-order valence-electron chi connectivity index (χ0n) is 19.8. The lowest BCUT2D eigenvalue weighted by atomic mass is 10.1. The van der Waals surface area contributed by atoms with E-state index in [-0.39, 0.29) is 11.9 Å². The van der Waals surface area contributed by atoms with Crippen LogP contribution < -0.4 is 4.74 Å². The summed E-state index contributed by atoms with van der Waals surface area (Å²) in [6.45, 7) is 5.00. The quantitative estimate of drug-likeness (QED) is 0.428. The Balaban J connectivity index is 1.60. The van der Waals surface area contributed by atoms with Crippen molar-refractivity contribution in [3.8, 4) is 17.1 Å². The number of aromatic nitrogens is 3. The van der Waals surface area contributed by atoms with Crippen molar-refractivity contribution in [3.05, 3.63) is 59.7 Å². The molecule has 0 bridgehead atoms. The van der Waals surface area contributed by atoms with Crippen LogP contribution >= 0.6 is 11.8 Å². The molecule has 0 unspecified atom stereocenters. The summed E-state index contributed by atoms with van der Waals surface area (Å²) in [5.41, 5.74) is 2.62. The first-order valence-electron chi connectivity index (χ1n) is 11.3. The zero-order valence-corrected chi connectivity index (χ0v) is 20.6. The van der Waals surface area contributed by atoms with Crippen LogP contribution in [0.4, 0.5) is 0 Å². The van der Waals surface area contributed by atoms with Crippen LogP contribution in [0, 0.1) is 0 Å². The minimum Gasteiger partial charge on any atom is -0.497 e. The number of rotatable bonds is 9. The molecule has 0 N–H and O–H groups in total. The van der Waals surface area contributed by atoms with Crippen molar-refractivity contribution in [2.75, 3.05) is 47.1 Å². The van der Waals surface area contributed by atoms with E-state index in [0.29, 0.717) is 38.7 Å². The minimum atomic E-state index is 0.0222. The van der Waals surface area contributed by atoms with Crippen molar-refractivity contribution in [1.29, 1.82) is 0 Å². The second-order valence-electron chi connectivity index (χ2n) is 8.06. The number of nitrogens with zero attached hydrogens (tertiary/aromatic N) is 4. The van der Waals surface area contributed by atoms with Gasteiger partial charge in [-0.15, -0.1) is 10.2 Å². The number of carbonyl (C=O) groups is 1. The van der Waals surface area contributed by atoms with Gasteiger partial charge in [0.15, 0.2) is 11.0 Å². The summed E-state index contributed by atoms with van der Waals surface area (Å²) >= 11 is 1.57. The van der Waals surface area contributed by atoms with Crippen LogP contribution in [-0.4, -0.2) is 72.7 Å². The van der Waals surface area contributed by atoms with Gasteiger partial charge in [-0.2, -0.15) is 0 Å². The molecule has 3 aromatic rings. The van der Waals surface area contributed by atoms with E-state index in [4.69, 9.17) is 14.2 Å². The van der Waals surface area contributed by atoms with E-state index in [9.17, 15) is 4.79 Å². The first-order chi connectivity index (χ1) is 16.6. The Morgan fingerprint density at radius 1 is 1.12 bits per heavy atom. The van der Waals surface area contributed by atoms with Gasteiger partial charge >= 0.3 is 0 Å². The smallest absolute Gasteiger partial charge is 0.254 e. The molecule has 8 nitrogen and oxygen atoms in total. The molecule has 180 valence electrons. The molecule has 2 heterocycles. The van der Waals surface area contributed by atoms with Crippen LogP contribution in [0.25, 0.3) is 11.4 Å². The van der Waals surface area contributed by atoms with Gasteiger partial charge in [0, 0.05) is 37.1 Å². The van der Waals surface area contributed by atoms with Gasteiger partial charge in [0.1, 0.15) is 5.75 Å². The topological polar surface area (TPSA) is 78.7 Å². The fraction of sp³-hybridized carbons (Fsp3) is 0.400. The molecular weight excluding hydrogens is 452 g/mol. The number of hydrogen-bond donors (Lipinski definition) is 0. The van der Waals surface area contributed by atoms with E-state index >= 15 is 0 Å². The number of benzene rings is 2. The minimum absolute atomic E-state index is 0.0222. The van der Waals surface area contributed by atoms with E-state index in [1.807, 2.05) is 53.4 Å². The average Bonchev–Trinajstić information content (AvgIpc) is 3.32. The van der Waals surface area contributed by atoms with E-state index in [2.05, 4.69) is 21.7 Å². The van der Waals surface area contributed by atoms with Crippen molar-refractivity contribution in [3.63, 3.8) is 0 Å². The summed E-state index contributed by atoms with van der Waals surface area (Å²) in [7, 11) is 3.33. The number of morpholine rings is 1. The molecule has 4 rings (SSSR count). The van der Waals surface area contributed by atoms with Crippen LogP contribution in [0.15, 0.2) is 53.7 Å². The summed E-state index contributed by atoms with van der Waals surface area (Å²) in [6.07, 6.45) is 0. The number of ether oxygens (including phenoxy) is 3. The fourth-order valence-electron chi connectivity index (χ4n) is 3.98. The average molecular weight is 483 g/mol. The molecule has 1 saturated heterocycles. The zero-order chi connectivity index (χ0) is 23.9. The molecule has 1 amide bonds. The van der Waals surface area contributed by atoms with Gasteiger partial charge in [-0.05, 0) is 30.7 Å². The SMILES string of the molecule is COC[C@H](C)n1c(SCc2ccccc2C(=O)N2CCOCC2)nnc1-c1cccc(OC)c1. The van der Waals surface area contributed by atoms with Crippen LogP contribution in [0.5, 0.6) is 5.75 Å². The van der Waals surface area contributed by atoms with Crippen molar-refractivity contribution < 1.29 is 19.0 Å². The highest BCUT2D eigenvalue weighted by Crippen LogP contribution is 2.32. The third-order valence-electron chi connectivity index (χ3n) is 5.74. The maximum atomic E-state index is 13.1. The van der Waals surface area contributed by atoms with Gasteiger partial charge in [-0.1, -0.05) is 42.1 Å². The molecule has 2 aromatic carbocycles. The van der Waals surface area contributed by atoms with Crippen molar-refractivity contribution in [2.45, 2.75) is 23.9 Å². The molecule has 1 aliphatic heterocycles. The van der Waals surface area contributed by atoms with E-state index in [1.165, 1.54) is 0 Å². The first kappa shape index (κ1) is 24.3. The highest BCUT2D eigenvalue weighted by Gasteiger charge is 2.23. The van der Waals surface area contributed by atoms with Crippen LogP contribution in [0.1, 0.15) is 28.9 Å². The summed E-state index contributed by atoms with van der Waals surface area (Å²) in [5.74, 6) is 2.16. The molecule has 34 heavy (non-hydrogen) atoms. The molecule has 1 aliphatic rings. The lowest BCUT2D eigenvalue weighted by molar-refractivity contribution is 0.0302. The Kier molecular flexibility index (Phi) is 8.21. The highest BCUT2D eigenvalue weighted by atomic mass is 32.2. The molecule has 0 radical (unpaired) electrons. The Labute approximate surface area is 204 Å². The molecule has 1 atom stereocenters. The number of methoxy groups -OCH3 is 2.